The molecule has 2 atom stereocenters. The maximum Gasteiger partial charge on any atom is 0.122 e. The van der Waals surface area contributed by atoms with Gasteiger partial charge in [0.2, 0.25) is 0 Å². The maximum absolute atomic E-state index is 9.80. The van der Waals surface area contributed by atoms with E-state index in [2.05, 4.69) is 0 Å². The Morgan fingerprint density at radius 1 is 1.60 bits per heavy atom. The number of hydrogen-bond donors (Lipinski definition) is 2. The molecule has 1 aliphatic heterocycles. The van der Waals surface area contributed by atoms with Crippen LogP contribution in [0.4, 0.5) is 0 Å². The first-order chi connectivity index (χ1) is 7.22. The van der Waals surface area contributed by atoms with Crippen LogP contribution in [-0.2, 0) is 0 Å². The summed E-state index contributed by atoms with van der Waals surface area (Å²) in [6.07, 6.45) is 0.261. The SMILES string of the molecule is NCC(O)C1CCOc2ccc(Cl)cc21. The molecule has 1 aromatic rings. The molecule has 0 amide bonds. The zero-order chi connectivity index (χ0) is 10.8. The van der Waals surface area contributed by atoms with Crippen molar-refractivity contribution in [2.75, 3.05) is 13.2 Å². The lowest BCUT2D eigenvalue weighted by Gasteiger charge is -2.29. The first kappa shape index (κ1) is 10.7. The summed E-state index contributed by atoms with van der Waals surface area (Å²) in [6, 6.07) is 5.48. The van der Waals surface area contributed by atoms with Crippen molar-refractivity contribution in [1.82, 2.24) is 0 Å². The van der Waals surface area contributed by atoms with Crippen LogP contribution < -0.4 is 10.5 Å². The molecular weight excluding hydrogens is 214 g/mol. The summed E-state index contributed by atoms with van der Waals surface area (Å²) in [6.45, 7) is 0.882. The van der Waals surface area contributed by atoms with E-state index in [1.807, 2.05) is 12.1 Å². The van der Waals surface area contributed by atoms with E-state index in [0.717, 1.165) is 17.7 Å². The minimum atomic E-state index is -0.522. The van der Waals surface area contributed by atoms with Gasteiger partial charge in [0.05, 0.1) is 12.7 Å². The summed E-state index contributed by atoms with van der Waals surface area (Å²) >= 11 is 5.92. The Balaban J connectivity index is 2.36. The van der Waals surface area contributed by atoms with Crippen molar-refractivity contribution in [2.45, 2.75) is 18.4 Å². The highest BCUT2D eigenvalue weighted by atomic mass is 35.5. The fraction of sp³-hybridized carbons (Fsp3) is 0.455. The average molecular weight is 228 g/mol. The Bertz CT molecular complexity index is 356. The first-order valence-electron chi connectivity index (χ1n) is 5.02. The van der Waals surface area contributed by atoms with Crippen LogP contribution in [0.1, 0.15) is 17.9 Å². The van der Waals surface area contributed by atoms with E-state index in [1.165, 1.54) is 0 Å². The van der Waals surface area contributed by atoms with Crippen molar-refractivity contribution >= 4 is 11.6 Å². The second-order valence-corrected chi connectivity index (χ2v) is 4.17. The normalized spacial score (nSPS) is 21.7. The molecule has 0 aromatic heterocycles. The molecule has 1 heterocycles. The lowest BCUT2D eigenvalue weighted by molar-refractivity contribution is 0.123. The Morgan fingerprint density at radius 2 is 2.40 bits per heavy atom. The van der Waals surface area contributed by atoms with Crippen molar-refractivity contribution in [1.29, 1.82) is 0 Å². The third kappa shape index (κ3) is 2.09. The number of benzene rings is 1. The van der Waals surface area contributed by atoms with Gasteiger partial charge >= 0.3 is 0 Å². The second-order valence-electron chi connectivity index (χ2n) is 3.73. The number of aliphatic hydroxyl groups is 1. The van der Waals surface area contributed by atoms with Crippen molar-refractivity contribution in [3.63, 3.8) is 0 Å². The topological polar surface area (TPSA) is 55.5 Å². The number of nitrogens with two attached hydrogens (primary N) is 1. The highest BCUT2D eigenvalue weighted by Gasteiger charge is 2.27. The van der Waals surface area contributed by atoms with E-state index in [4.69, 9.17) is 22.1 Å². The molecule has 82 valence electrons. The van der Waals surface area contributed by atoms with Crippen molar-refractivity contribution in [3.8, 4) is 5.75 Å². The molecule has 1 aliphatic rings. The van der Waals surface area contributed by atoms with Gasteiger partial charge in [-0.1, -0.05) is 11.6 Å². The maximum atomic E-state index is 9.80. The van der Waals surface area contributed by atoms with Crippen LogP contribution in [0.25, 0.3) is 0 Å². The number of rotatable bonds is 2. The third-order valence-electron chi connectivity index (χ3n) is 2.76. The van der Waals surface area contributed by atoms with Gasteiger partial charge in [-0.25, -0.2) is 0 Å². The van der Waals surface area contributed by atoms with Crippen LogP contribution >= 0.6 is 11.6 Å². The van der Waals surface area contributed by atoms with E-state index < -0.39 is 6.10 Å². The molecular formula is C11H14ClNO2. The lowest BCUT2D eigenvalue weighted by atomic mass is 9.88. The lowest BCUT2D eigenvalue weighted by Crippen LogP contribution is -2.31. The highest BCUT2D eigenvalue weighted by molar-refractivity contribution is 6.30. The summed E-state index contributed by atoms with van der Waals surface area (Å²) in [5.74, 6) is 0.848. The van der Waals surface area contributed by atoms with Gasteiger partial charge in [0, 0.05) is 23.0 Å². The van der Waals surface area contributed by atoms with E-state index in [1.54, 1.807) is 6.07 Å². The number of fused-ring (bicyclic) bond motifs is 1. The second kappa shape index (κ2) is 4.39. The number of ether oxygens (including phenoxy) is 1. The summed E-state index contributed by atoms with van der Waals surface area (Å²) in [4.78, 5) is 0. The quantitative estimate of drug-likeness (QED) is 0.806. The number of aliphatic hydroxyl groups excluding tert-OH is 1. The van der Waals surface area contributed by atoms with Crippen LogP contribution in [0, 0.1) is 0 Å². The van der Waals surface area contributed by atoms with Gasteiger partial charge in [-0.3, -0.25) is 0 Å². The van der Waals surface area contributed by atoms with Crippen molar-refractivity contribution < 1.29 is 9.84 Å². The molecule has 0 radical (unpaired) electrons. The number of halogens is 1. The van der Waals surface area contributed by atoms with Crippen LogP contribution in [0.2, 0.25) is 5.02 Å². The molecule has 0 aliphatic carbocycles. The van der Waals surface area contributed by atoms with Gasteiger partial charge in [-0.15, -0.1) is 0 Å². The average Bonchev–Trinajstić information content (AvgIpc) is 2.27. The third-order valence-corrected chi connectivity index (χ3v) is 3.00. The zero-order valence-electron chi connectivity index (χ0n) is 8.32. The van der Waals surface area contributed by atoms with E-state index in [9.17, 15) is 5.11 Å². The Kier molecular flexibility index (Phi) is 3.14. The summed E-state index contributed by atoms with van der Waals surface area (Å²) < 4.78 is 5.49. The van der Waals surface area contributed by atoms with Crippen LogP contribution in [0.15, 0.2) is 18.2 Å². The molecule has 4 heteroatoms. The van der Waals surface area contributed by atoms with Crippen molar-refractivity contribution in [2.24, 2.45) is 5.73 Å². The fourth-order valence-electron chi connectivity index (χ4n) is 1.96. The first-order valence-corrected chi connectivity index (χ1v) is 5.40. The molecule has 3 N–H and O–H groups in total. The van der Waals surface area contributed by atoms with Crippen molar-refractivity contribution in [3.05, 3.63) is 28.8 Å². The minimum absolute atomic E-state index is 0.0393. The molecule has 1 aromatic carbocycles. The van der Waals surface area contributed by atoms with Gasteiger partial charge in [-0.2, -0.15) is 0 Å². The standard InChI is InChI=1S/C11H14ClNO2/c12-7-1-2-11-9(5-7)8(3-4-15-11)10(14)6-13/h1-2,5,8,10,14H,3-4,6,13H2. The molecule has 0 spiro atoms. The molecule has 15 heavy (non-hydrogen) atoms. The molecule has 2 unspecified atom stereocenters. The van der Waals surface area contributed by atoms with Crippen LogP contribution in [0.5, 0.6) is 5.75 Å². The predicted molar refractivity (Wildman–Crippen MR) is 59.4 cm³/mol. The summed E-state index contributed by atoms with van der Waals surface area (Å²) in [5.41, 5.74) is 6.44. The van der Waals surface area contributed by atoms with Gasteiger partial charge in [0.1, 0.15) is 5.75 Å². The van der Waals surface area contributed by atoms with E-state index in [-0.39, 0.29) is 12.5 Å². The highest BCUT2D eigenvalue weighted by Crippen LogP contribution is 2.37. The molecule has 0 saturated carbocycles. The molecule has 0 fully saturated rings. The van der Waals surface area contributed by atoms with Gasteiger partial charge < -0.3 is 15.6 Å². The van der Waals surface area contributed by atoms with Gasteiger partial charge in [-0.05, 0) is 24.6 Å². The monoisotopic (exact) mass is 227 g/mol. The van der Waals surface area contributed by atoms with Crippen LogP contribution in [0.3, 0.4) is 0 Å². The summed E-state index contributed by atoms with van der Waals surface area (Å²) in [5, 5.41) is 10.5. The van der Waals surface area contributed by atoms with E-state index in [0.29, 0.717) is 11.6 Å². The van der Waals surface area contributed by atoms with Gasteiger partial charge in [0.25, 0.3) is 0 Å². The minimum Gasteiger partial charge on any atom is -0.493 e. The smallest absolute Gasteiger partial charge is 0.122 e. The Morgan fingerprint density at radius 3 is 3.13 bits per heavy atom. The molecule has 2 rings (SSSR count). The summed E-state index contributed by atoms with van der Waals surface area (Å²) in [7, 11) is 0. The molecule has 0 saturated heterocycles. The Labute approximate surface area is 93.8 Å². The van der Waals surface area contributed by atoms with E-state index >= 15 is 0 Å². The molecule has 3 nitrogen and oxygen atoms in total. The van der Waals surface area contributed by atoms with Crippen LogP contribution in [-0.4, -0.2) is 24.4 Å². The predicted octanol–water partition coefficient (Wildman–Crippen LogP) is 1.53. The zero-order valence-corrected chi connectivity index (χ0v) is 9.07. The molecule has 0 bridgehead atoms. The van der Waals surface area contributed by atoms with Gasteiger partial charge in [0.15, 0.2) is 0 Å². The largest absolute Gasteiger partial charge is 0.493 e. The Hall–Kier alpha value is -0.770. The number of hydrogen-bond acceptors (Lipinski definition) is 3. The fourth-order valence-corrected chi connectivity index (χ4v) is 2.14.